The lowest BCUT2D eigenvalue weighted by atomic mass is 9.96. The van der Waals surface area contributed by atoms with Crippen LogP contribution in [0.1, 0.15) is 18.4 Å². The van der Waals surface area contributed by atoms with Crippen molar-refractivity contribution in [3.8, 4) is 12.3 Å². The van der Waals surface area contributed by atoms with E-state index >= 15 is 0 Å². The van der Waals surface area contributed by atoms with Crippen molar-refractivity contribution >= 4 is 17.7 Å². The van der Waals surface area contributed by atoms with Crippen LogP contribution >= 0.6 is 11.8 Å². The largest absolute Gasteiger partial charge is 0.355 e. The summed E-state index contributed by atoms with van der Waals surface area (Å²) in [4.78, 5) is 15.6. The summed E-state index contributed by atoms with van der Waals surface area (Å²) >= 11 is 1.78. The molecule has 0 spiro atoms. The maximum atomic E-state index is 12.1. The number of likely N-dealkylation sites (tertiary alicyclic amines) is 1. The van der Waals surface area contributed by atoms with E-state index < -0.39 is 0 Å². The van der Waals surface area contributed by atoms with Crippen molar-refractivity contribution in [2.45, 2.75) is 24.7 Å². The predicted octanol–water partition coefficient (Wildman–Crippen LogP) is 2.55. The van der Waals surface area contributed by atoms with E-state index in [9.17, 15) is 4.79 Å². The Hall–Kier alpha value is -1.44. The molecule has 3 nitrogen and oxygen atoms in total. The van der Waals surface area contributed by atoms with Gasteiger partial charge in [0.2, 0.25) is 5.91 Å². The lowest BCUT2D eigenvalue weighted by Crippen LogP contribution is -2.41. The third-order valence-corrected chi connectivity index (χ3v) is 4.98. The van der Waals surface area contributed by atoms with Gasteiger partial charge in [0.1, 0.15) is 0 Å². The van der Waals surface area contributed by atoms with E-state index in [1.54, 1.807) is 11.8 Å². The van der Waals surface area contributed by atoms with Crippen molar-refractivity contribution < 1.29 is 4.79 Å². The summed E-state index contributed by atoms with van der Waals surface area (Å²) in [5.41, 5.74) is 1.27. The van der Waals surface area contributed by atoms with Gasteiger partial charge < -0.3 is 5.32 Å². The minimum Gasteiger partial charge on any atom is -0.355 e. The highest BCUT2D eigenvalue weighted by molar-refractivity contribution is 7.99. The Balaban J connectivity index is 1.62. The van der Waals surface area contributed by atoms with Crippen LogP contribution in [0.5, 0.6) is 0 Å². The molecular formula is C18H24N2OS. The lowest BCUT2D eigenvalue weighted by Gasteiger charge is -2.29. The van der Waals surface area contributed by atoms with Crippen molar-refractivity contribution in [1.29, 1.82) is 0 Å². The van der Waals surface area contributed by atoms with Gasteiger partial charge in [0.05, 0.1) is 6.54 Å². The second kappa shape index (κ2) is 8.87. The highest BCUT2D eigenvalue weighted by atomic mass is 32.2. The molecule has 0 unspecified atom stereocenters. The average molecular weight is 316 g/mol. The topological polar surface area (TPSA) is 32.3 Å². The first-order valence-corrected chi connectivity index (χ1v) is 8.80. The molecule has 2 rings (SSSR count). The monoisotopic (exact) mass is 316 g/mol. The minimum absolute atomic E-state index is 0.151. The van der Waals surface area contributed by atoms with Crippen molar-refractivity contribution in [2.24, 2.45) is 5.92 Å². The van der Waals surface area contributed by atoms with E-state index in [4.69, 9.17) is 6.42 Å². The Kier molecular flexibility index (Phi) is 6.82. The Morgan fingerprint density at radius 3 is 2.68 bits per heavy atom. The number of carbonyl (C=O) groups excluding carboxylic acids is 1. The van der Waals surface area contributed by atoms with E-state index in [1.165, 1.54) is 10.5 Å². The molecule has 22 heavy (non-hydrogen) atoms. The van der Waals surface area contributed by atoms with Crippen molar-refractivity contribution in [1.82, 2.24) is 10.2 Å². The van der Waals surface area contributed by atoms with E-state index in [-0.39, 0.29) is 11.8 Å². The second-order valence-electron chi connectivity index (χ2n) is 5.71. The quantitative estimate of drug-likeness (QED) is 0.497. The third-order valence-electron chi connectivity index (χ3n) is 3.96. The van der Waals surface area contributed by atoms with E-state index in [0.29, 0.717) is 6.54 Å². The number of benzene rings is 1. The molecule has 4 heteroatoms. The zero-order chi connectivity index (χ0) is 15.8. The Labute approximate surface area is 137 Å². The van der Waals surface area contributed by atoms with Gasteiger partial charge in [0, 0.05) is 23.1 Å². The molecule has 1 aromatic carbocycles. The Morgan fingerprint density at radius 2 is 2.05 bits per heavy atom. The Morgan fingerprint density at radius 1 is 1.36 bits per heavy atom. The van der Waals surface area contributed by atoms with Crippen molar-refractivity contribution in [3.05, 3.63) is 29.8 Å². The van der Waals surface area contributed by atoms with Crippen LogP contribution in [0.15, 0.2) is 29.2 Å². The number of amides is 1. The van der Waals surface area contributed by atoms with Gasteiger partial charge in [-0.25, -0.2) is 0 Å². The molecule has 118 valence electrons. The number of nitrogens with one attached hydrogen (secondary N) is 1. The van der Waals surface area contributed by atoms with Gasteiger partial charge in [-0.1, -0.05) is 23.6 Å². The number of rotatable bonds is 6. The fraction of sp³-hybridized carbons (Fsp3) is 0.500. The zero-order valence-corrected chi connectivity index (χ0v) is 14.0. The predicted molar refractivity (Wildman–Crippen MR) is 92.9 cm³/mol. The molecule has 1 aliphatic rings. The highest BCUT2D eigenvalue weighted by Gasteiger charge is 2.23. The first-order chi connectivity index (χ1) is 10.7. The maximum absolute atomic E-state index is 12.1. The summed E-state index contributed by atoms with van der Waals surface area (Å²) in [7, 11) is 0. The average Bonchev–Trinajstić information content (AvgIpc) is 2.54. The fourth-order valence-electron chi connectivity index (χ4n) is 2.60. The molecule has 0 bridgehead atoms. The first-order valence-electron chi connectivity index (χ1n) is 7.82. The summed E-state index contributed by atoms with van der Waals surface area (Å²) in [6, 6.07) is 8.49. The lowest BCUT2D eigenvalue weighted by molar-refractivity contribution is -0.126. The SMILES string of the molecule is C#CCN1CCC(C(=O)NCCSc2ccc(C)cc2)CC1. The number of piperidine rings is 1. The number of terminal acetylenes is 1. The van der Waals surface area contributed by atoms with Crippen LogP contribution in [-0.2, 0) is 4.79 Å². The minimum atomic E-state index is 0.151. The van der Waals surface area contributed by atoms with Crippen LogP contribution in [0.2, 0.25) is 0 Å². The molecule has 0 atom stereocenters. The molecule has 1 amide bonds. The molecule has 0 saturated carbocycles. The summed E-state index contributed by atoms with van der Waals surface area (Å²) in [5, 5.41) is 3.06. The van der Waals surface area contributed by atoms with Gasteiger partial charge in [-0.15, -0.1) is 18.2 Å². The molecule has 1 aromatic rings. The maximum Gasteiger partial charge on any atom is 0.223 e. The number of carbonyl (C=O) groups is 1. The smallest absolute Gasteiger partial charge is 0.223 e. The second-order valence-corrected chi connectivity index (χ2v) is 6.88. The van der Waals surface area contributed by atoms with Gasteiger partial charge in [0.25, 0.3) is 0 Å². The summed E-state index contributed by atoms with van der Waals surface area (Å²) in [5.74, 6) is 3.92. The molecule has 1 saturated heterocycles. The van der Waals surface area contributed by atoms with E-state index in [0.717, 1.165) is 38.2 Å². The van der Waals surface area contributed by atoms with Gasteiger partial charge in [0.15, 0.2) is 0 Å². The van der Waals surface area contributed by atoms with Crippen LogP contribution < -0.4 is 5.32 Å². The molecule has 0 aliphatic carbocycles. The molecule has 1 aliphatic heterocycles. The standard InChI is InChI=1S/C18H24N2OS/c1-3-11-20-12-8-16(9-13-20)18(21)19-10-14-22-17-6-4-15(2)5-7-17/h1,4-7,16H,8-14H2,2H3,(H,19,21). The van der Waals surface area contributed by atoms with Gasteiger partial charge in [-0.05, 0) is 45.0 Å². The first kappa shape index (κ1) is 16.9. The number of aryl methyl sites for hydroxylation is 1. The van der Waals surface area contributed by atoms with Crippen LogP contribution in [-0.4, -0.2) is 42.7 Å². The normalized spacial score (nSPS) is 16.2. The fourth-order valence-corrected chi connectivity index (χ4v) is 3.37. The highest BCUT2D eigenvalue weighted by Crippen LogP contribution is 2.19. The van der Waals surface area contributed by atoms with E-state index in [2.05, 4.69) is 47.3 Å². The number of nitrogens with zero attached hydrogens (tertiary/aromatic N) is 1. The number of hydrogen-bond donors (Lipinski definition) is 1. The van der Waals surface area contributed by atoms with Gasteiger partial charge in [-0.3, -0.25) is 9.69 Å². The molecule has 0 aromatic heterocycles. The Bertz CT molecular complexity index is 513. The number of hydrogen-bond acceptors (Lipinski definition) is 3. The van der Waals surface area contributed by atoms with Gasteiger partial charge in [-0.2, -0.15) is 0 Å². The van der Waals surface area contributed by atoms with Crippen LogP contribution in [0.4, 0.5) is 0 Å². The van der Waals surface area contributed by atoms with E-state index in [1.807, 2.05) is 0 Å². The van der Waals surface area contributed by atoms with Crippen molar-refractivity contribution in [2.75, 3.05) is 31.9 Å². The summed E-state index contributed by atoms with van der Waals surface area (Å²) in [6.45, 7) is 5.37. The summed E-state index contributed by atoms with van der Waals surface area (Å²) in [6.07, 6.45) is 7.15. The van der Waals surface area contributed by atoms with Crippen LogP contribution in [0, 0.1) is 25.2 Å². The summed E-state index contributed by atoms with van der Waals surface area (Å²) < 4.78 is 0. The number of thioether (sulfide) groups is 1. The molecular weight excluding hydrogens is 292 g/mol. The van der Waals surface area contributed by atoms with Crippen molar-refractivity contribution in [3.63, 3.8) is 0 Å². The molecule has 1 fully saturated rings. The molecule has 1 heterocycles. The third kappa shape index (κ3) is 5.40. The zero-order valence-electron chi connectivity index (χ0n) is 13.2. The van der Waals surface area contributed by atoms with Gasteiger partial charge >= 0.3 is 0 Å². The molecule has 0 radical (unpaired) electrons. The van der Waals surface area contributed by atoms with Crippen LogP contribution in [0.3, 0.4) is 0 Å². The molecule has 1 N–H and O–H groups in total. The van der Waals surface area contributed by atoms with Crippen LogP contribution in [0.25, 0.3) is 0 Å².